The van der Waals surface area contributed by atoms with Gasteiger partial charge in [-0.2, -0.15) is 5.10 Å². The van der Waals surface area contributed by atoms with Crippen molar-refractivity contribution in [1.82, 2.24) is 20.0 Å². The molecule has 2 fully saturated rings. The van der Waals surface area contributed by atoms with E-state index in [0.717, 1.165) is 76.7 Å². The van der Waals surface area contributed by atoms with Crippen molar-refractivity contribution < 1.29 is 14.3 Å². The number of piperidine rings is 1. The van der Waals surface area contributed by atoms with E-state index >= 15 is 0 Å². The molecule has 3 aliphatic rings. The molecule has 0 amide bonds. The number of hydrogen-bond donors (Lipinski definition) is 2. The average molecular weight is 553 g/mol. The lowest BCUT2D eigenvalue weighted by Crippen LogP contribution is -2.52. The molecule has 1 aliphatic heterocycles. The number of nitrogens with one attached hydrogen (secondary N) is 1. The van der Waals surface area contributed by atoms with E-state index in [1.807, 2.05) is 6.07 Å². The van der Waals surface area contributed by atoms with Gasteiger partial charge in [0.1, 0.15) is 11.9 Å². The van der Waals surface area contributed by atoms with E-state index < -0.39 is 12.0 Å². The number of aliphatic carboxylic acids is 1. The van der Waals surface area contributed by atoms with Gasteiger partial charge >= 0.3 is 5.97 Å². The smallest absolute Gasteiger partial charge is 0.320 e. The molecule has 1 spiro atoms. The fraction of sp³-hybridized carbons (Fsp3) is 0.697. The Hall–Kier alpha value is -2.25. The van der Waals surface area contributed by atoms with Crippen LogP contribution in [0.2, 0.25) is 0 Å². The molecule has 220 valence electrons. The van der Waals surface area contributed by atoms with Gasteiger partial charge in [-0.05, 0) is 126 Å². The molecule has 2 aliphatic carbocycles. The number of carboxylic acids is 1. The summed E-state index contributed by atoms with van der Waals surface area (Å²) in [4.78, 5) is 15.1. The highest BCUT2D eigenvalue weighted by molar-refractivity contribution is 5.74. The molecule has 5 rings (SSSR count). The van der Waals surface area contributed by atoms with Gasteiger partial charge in [0.2, 0.25) is 0 Å². The molecule has 0 radical (unpaired) electrons. The molecule has 1 saturated carbocycles. The third-order valence-corrected chi connectivity index (χ3v) is 10.6. The number of halogens is 1. The first kappa shape index (κ1) is 29.2. The molecular formula is C33H49FN4O2. The Morgan fingerprint density at radius 3 is 2.58 bits per heavy atom. The molecule has 6 nitrogen and oxygen atoms in total. The SMILES string of the molecule is CCc1nn(CC)c2c1CCC21CCN(C[C@H]2CC(C(NC(C)(C)CC)C(=O)O)C[C@@H]2c2cccc(F)c2)CC1. The minimum atomic E-state index is -0.777. The van der Waals surface area contributed by atoms with Crippen LogP contribution in [0.15, 0.2) is 24.3 Å². The van der Waals surface area contributed by atoms with Gasteiger partial charge in [-0.1, -0.05) is 26.0 Å². The predicted molar refractivity (Wildman–Crippen MR) is 157 cm³/mol. The van der Waals surface area contributed by atoms with Crippen molar-refractivity contribution in [3.8, 4) is 0 Å². The Morgan fingerprint density at radius 2 is 1.95 bits per heavy atom. The first-order valence-corrected chi connectivity index (χ1v) is 15.7. The van der Waals surface area contributed by atoms with Gasteiger partial charge in [0, 0.05) is 29.7 Å². The number of rotatable bonds is 10. The van der Waals surface area contributed by atoms with Gasteiger partial charge < -0.3 is 10.0 Å². The maximum atomic E-state index is 14.3. The van der Waals surface area contributed by atoms with Crippen LogP contribution in [0.4, 0.5) is 4.39 Å². The summed E-state index contributed by atoms with van der Waals surface area (Å²) >= 11 is 0. The summed E-state index contributed by atoms with van der Waals surface area (Å²) in [6.45, 7) is 14.6. The number of nitrogens with zero attached hydrogens (tertiary/aromatic N) is 3. The molecule has 1 aromatic heterocycles. The quantitative estimate of drug-likeness (QED) is 0.383. The van der Waals surface area contributed by atoms with E-state index in [2.05, 4.69) is 49.5 Å². The molecule has 2 aromatic rings. The van der Waals surface area contributed by atoms with Gasteiger partial charge in [0.25, 0.3) is 0 Å². The van der Waals surface area contributed by atoms with Crippen LogP contribution in [0, 0.1) is 17.7 Å². The second-order valence-electron chi connectivity index (χ2n) is 13.4. The van der Waals surface area contributed by atoms with Crippen LogP contribution in [0.25, 0.3) is 0 Å². The average Bonchev–Trinajstić information content (AvgIpc) is 3.62. The molecule has 2 unspecified atom stereocenters. The Kier molecular flexibility index (Phi) is 8.45. The summed E-state index contributed by atoms with van der Waals surface area (Å²) < 4.78 is 16.6. The monoisotopic (exact) mass is 552 g/mol. The van der Waals surface area contributed by atoms with E-state index in [0.29, 0.717) is 5.92 Å². The molecule has 4 atom stereocenters. The number of aromatic nitrogens is 2. The van der Waals surface area contributed by atoms with Gasteiger partial charge in [-0.25, -0.2) is 4.39 Å². The van der Waals surface area contributed by atoms with Crippen molar-refractivity contribution >= 4 is 5.97 Å². The summed E-state index contributed by atoms with van der Waals surface area (Å²) in [5.41, 5.74) is 5.33. The second kappa shape index (κ2) is 11.6. The largest absolute Gasteiger partial charge is 0.480 e. The van der Waals surface area contributed by atoms with Gasteiger partial charge in [-0.15, -0.1) is 0 Å². The third kappa shape index (κ3) is 5.61. The van der Waals surface area contributed by atoms with Crippen LogP contribution in [0.5, 0.6) is 0 Å². The third-order valence-electron chi connectivity index (χ3n) is 10.6. The number of likely N-dealkylation sites (tertiary alicyclic amines) is 1. The number of aryl methyl sites for hydroxylation is 2. The van der Waals surface area contributed by atoms with E-state index in [1.54, 1.807) is 12.1 Å². The fourth-order valence-electron chi connectivity index (χ4n) is 8.07. The molecule has 1 saturated heterocycles. The van der Waals surface area contributed by atoms with E-state index in [1.165, 1.54) is 29.4 Å². The lowest BCUT2D eigenvalue weighted by molar-refractivity contribution is -0.141. The number of carboxylic acid groups (broad SMARTS) is 1. The van der Waals surface area contributed by atoms with Crippen molar-refractivity contribution in [1.29, 1.82) is 0 Å². The van der Waals surface area contributed by atoms with Gasteiger partial charge in [0.15, 0.2) is 0 Å². The summed E-state index contributed by atoms with van der Waals surface area (Å²) in [6.07, 6.45) is 8.17. The topological polar surface area (TPSA) is 70.4 Å². The predicted octanol–water partition coefficient (Wildman–Crippen LogP) is 5.93. The summed E-state index contributed by atoms with van der Waals surface area (Å²) in [6, 6.07) is 6.40. The first-order valence-electron chi connectivity index (χ1n) is 15.7. The summed E-state index contributed by atoms with van der Waals surface area (Å²) in [7, 11) is 0. The van der Waals surface area contributed by atoms with Crippen molar-refractivity contribution in [3.63, 3.8) is 0 Å². The highest BCUT2D eigenvalue weighted by atomic mass is 19.1. The van der Waals surface area contributed by atoms with Crippen molar-refractivity contribution in [3.05, 3.63) is 52.6 Å². The van der Waals surface area contributed by atoms with Crippen LogP contribution >= 0.6 is 0 Å². The van der Waals surface area contributed by atoms with Crippen molar-refractivity contribution in [2.24, 2.45) is 11.8 Å². The van der Waals surface area contributed by atoms with Crippen molar-refractivity contribution in [2.45, 2.75) is 115 Å². The second-order valence-corrected chi connectivity index (χ2v) is 13.4. The van der Waals surface area contributed by atoms with E-state index in [4.69, 9.17) is 5.10 Å². The Balaban J connectivity index is 1.33. The van der Waals surface area contributed by atoms with Gasteiger partial charge in [-0.3, -0.25) is 14.8 Å². The standard InChI is InChI=1S/C33H49FN4O2/c1-6-28-26-12-13-33(30(26)38(8-3)36-28)14-16-37(17-15-33)21-24-18-23(29(31(39)40)35-32(4,5)7-2)20-27(24)22-10-9-11-25(34)19-22/h9-11,19,23-24,27,29,35H,6-8,12-18,20-21H2,1-5H3,(H,39,40)/t23?,24-,27-,29?/m1/s1. The number of fused-ring (bicyclic) bond motifs is 2. The number of benzene rings is 1. The van der Waals surface area contributed by atoms with Crippen LogP contribution < -0.4 is 5.32 Å². The lowest BCUT2D eigenvalue weighted by atomic mass is 9.75. The van der Waals surface area contributed by atoms with Crippen LogP contribution in [0.1, 0.15) is 102 Å². The minimum absolute atomic E-state index is 0.0153. The molecule has 1 aromatic carbocycles. The molecule has 7 heteroatoms. The number of carbonyl (C=O) groups is 1. The van der Waals surface area contributed by atoms with E-state index in [9.17, 15) is 14.3 Å². The zero-order valence-corrected chi connectivity index (χ0v) is 25.2. The fourth-order valence-corrected chi connectivity index (χ4v) is 8.07. The Labute approximate surface area is 239 Å². The normalized spacial score (nSPS) is 25.4. The summed E-state index contributed by atoms with van der Waals surface area (Å²) in [5.74, 6) is -0.504. The molecular weight excluding hydrogens is 503 g/mol. The maximum absolute atomic E-state index is 14.3. The van der Waals surface area contributed by atoms with Crippen LogP contribution in [-0.4, -0.2) is 57.0 Å². The first-order chi connectivity index (χ1) is 19.1. The number of hydrogen-bond acceptors (Lipinski definition) is 4. The molecule has 2 heterocycles. The van der Waals surface area contributed by atoms with Crippen LogP contribution in [-0.2, 0) is 29.6 Å². The Bertz CT molecular complexity index is 1200. The van der Waals surface area contributed by atoms with Crippen LogP contribution in [0.3, 0.4) is 0 Å². The lowest BCUT2D eigenvalue weighted by Gasteiger charge is -2.41. The highest BCUT2D eigenvalue weighted by Gasteiger charge is 2.47. The minimum Gasteiger partial charge on any atom is -0.480 e. The zero-order valence-electron chi connectivity index (χ0n) is 25.2. The molecule has 40 heavy (non-hydrogen) atoms. The van der Waals surface area contributed by atoms with Gasteiger partial charge in [0.05, 0.1) is 5.69 Å². The molecule has 2 N–H and O–H groups in total. The van der Waals surface area contributed by atoms with E-state index in [-0.39, 0.29) is 28.6 Å². The zero-order chi connectivity index (χ0) is 28.7. The Morgan fingerprint density at radius 1 is 1.20 bits per heavy atom. The molecule has 0 bridgehead atoms. The van der Waals surface area contributed by atoms with Crippen molar-refractivity contribution in [2.75, 3.05) is 19.6 Å². The summed E-state index contributed by atoms with van der Waals surface area (Å²) in [5, 5.41) is 18.6. The highest BCUT2D eigenvalue weighted by Crippen LogP contribution is 2.49. The maximum Gasteiger partial charge on any atom is 0.320 e.